The Morgan fingerprint density at radius 1 is 1.50 bits per heavy atom. The van der Waals surface area contributed by atoms with Crippen LogP contribution >= 0.6 is 11.8 Å². The Kier molecular flexibility index (Phi) is 4.65. The second-order valence-electron chi connectivity index (χ2n) is 4.76. The van der Waals surface area contributed by atoms with E-state index in [9.17, 15) is 14.0 Å². The SMILES string of the molecule is Cc1cccc(C(=O)N2CCSCC2CC(=O)O)c1F. The largest absolute Gasteiger partial charge is 0.481 e. The molecule has 1 aromatic rings. The fourth-order valence-electron chi connectivity index (χ4n) is 2.26. The van der Waals surface area contributed by atoms with Gasteiger partial charge in [-0.25, -0.2) is 4.39 Å². The lowest BCUT2D eigenvalue weighted by Crippen LogP contribution is -2.47. The molecule has 1 aliphatic rings. The highest BCUT2D eigenvalue weighted by atomic mass is 32.2. The van der Waals surface area contributed by atoms with Crippen molar-refractivity contribution in [3.8, 4) is 0 Å². The van der Waals surface area contributed by atoms with Gasteiger partial charge in [0.25, 0.3) is 5.91 Å². The Bertz CT molecular complexity index is 535. The van der Waals surface area contributed by atoms with Gasteiger partial charge in [0, 0.05) is 18.1 Å². The van der Waals surface area contributed by atoms with E-state index in [1.165, 1.54) is 11.0 Å². The van der Waals surface area contributed by atoms with Crippen LogP contribution in [0.25, 0.3) is 0 Å². The lowest BCUT2D eigenvalue weighted by atomic mass is 10.1. The van der Waals surface area contributed by atoms with E-state index in [0.29, 0.717) is 17.9 Å². The van der Waals surface area contributed by atoms with Gasteiger partial charge in [0.15, 0.2) is 0 Å². The van der Waals surface area contributed by atoms with Crippen molar-refractivity contribution in [1.29, 1.82) is 0 Å². The molecule has 1 aromatic carbocycles. The second kappa shape index (κ2) is 6.26. The highest BCUT2D eigenvalue weighted by molar-refractivity contribution is 7.99. The third kappa shape index (κ3) is 3.12. The van der Waals surface area contributed by atoms with Gasteiger partial charge in [0.1, 0.15) is 5.82 Å². The number of carboxylic acid groups (broad SMARTS) is 1. The van der Waals surface area contributed by atoms with Gasteiger partial charge in [-0.05, 0) is 18.6 Å². The van der Waals surface area contributed by atoms with Crippen molar-refractivity contribution < 1.29 is 19.1 Å². The first-order valence-corrected chi connectivity index (χ1v) is 7.51. The highest BCUT2D eigenvalue weighted by Crippen LogP contribution is 2.23. The Morgan fingerprint density at radius 2 is 2.25 bits per heavy atom. The van der Waals surface area contributed by atoms with Gasteiger partial charge in [-0.1, -0.05) is 12.1 Å². The molecule has 0 aromatic heterocycles. The van der Waals surface area contributed by atoms with Gasteiger partial charge >= 0.3 is 5.97 Å². The molecule has 0 bridgehead atoms. The number of halogens is 1. The first-order chi connectivity index (χ1) is 9.50. The van der Waals surface area contributed by atoms with E-state index >= 15 is 0 Å². The molecule has 1 saturated heterocycles. The number of aliphatic carboxylic acids is 1. The predicted molar refractivity (Wildman–Crippen MR) is 75.5 cm³/mol. The number of hydrogen-bond donors (Lipinski definition) is 1. The number of carbonyl (C=O) groups is 2. The molecular formula is C14H16FNO3S. The maximum Gasteiger partial charge on any atom is 0.305 e. The molecule has 0 radical (unpaired) electrons. The molecule has 1 aliphatic heterocycles. The topological polar surface area (TPSA) is 57.6 Å². The number of carbonyl (C=O) groups excluding carboxylic acids is 1. The molecule has 108 valence electrons. The Labute approximate surface area is 121 Å². The third-order valence-corrected chi connectivity index (χ3v) is 4.41. The van der Waals surface area contributed by atoms with Crippen LogP contribution in [0.1, 0.15) is 22.3 Å². The molecule has 0 aliphatic carbocycles. The van der Waals surface area contributed by atoms with Crippen molar-refractivity contribution in [2.24, 2.45) is 0 Å². The molecule has 2 rings (SSSR count). The molecule has 1 N–H and O–H groups in total. The standard InChI is InChI=1S/C14H16FNO3S/c1-9-3-2-4-11(13(9)15)14(19)16-5-6-20-8-10(16)7-12(17)18/h2-4,10H,5-8H2,1H3,(H,17,18). The number of benzene rings is 1. The monoisotopic (exact) mass is 297 g/mol. The zero-order valence-corrected chi connectivity index (χ0v) is 12.0. The fourth-order valence-corrected chi connectivity index (χ4v) is 3.32. The molecule has 1 heterocycles. The van der Waals surface area contributed by atoms with E-state index in [1.807, 2.05) is 0 Å². The van der Waals surface area contributed by atoms with Crippen molar-refractivity contribution in [3.63, 3.8) is 0 Å². The normalized spacial score (nSPS) is 18.9. The van der Waals surface area contributed by atoms with E-state index in [2.05, 4.69) is 0 Å². The molecule has 1 amide bonds. The average Bonchev–Trinajstić information content (AvgIpc) is 2.41. The number of aryl methyl sites for hydroxylation is 1. The summed E-state index contributed by atoms with van der Waals surface area (Å²) in [5.41, 5.74) is 0.435. The number of rotatable bonds is 3. The third-order valence-electron chi connectivity index (χ3n) is 3.32. The summed E-state index contributed by atoms with van der Waals surface area (Å²) < 4.78 is 14.0. The zero-order chi connectivity index (χ0) is 14.7. The average molecular weight is 297 g/mol. The smallest absolute Gasteiger partial charge is 0.305 e. The summed E-state index contributed by atoms with van der Waals surface area (Å²) in [5.74, 6) is -0.566. The number of thioether (sulfide) groups is 1. The van der Waals surface area contributed by atoms with E-state index in [-0.39, 0.29) is 18.0 Å². The molecule has 20 heavy (non-hydrogen) atoms. The minimum absolute atomic E-state index is 0.0206. The minimum atomic E-state index is -0.944. The van der Waals surface area contributed by atoms with Gasteiger partial charge in [0.05, 0.1) is 18.0 Å². The Balaban J connectivity index is 2.25. The van der Waals surface area contributed by atoms with Crippen LogP contribution in [0.15, 0.2) is 18.2 Å². The maximum absolute atomic E-state index is 14.0. The summed E-state index contributed by atoms with van der Waals surface area (Å²) >= 11 is 1.62. The molecule has 1 atom stereocenters. The predicted octanol–water partition coefficient (Wildman–Crippen LogP) is 2.17. The van der Waals surface area contributed by atoms with Gasteiger partial charge in [-0.15, -0.1) is 0 Å². The quantitative estimate of drug-likeness (QED) is 0.929. The number of carboxylic acids is 1. The van der Waals surface area contributed by atoms with E-state index in [0.717, 1.165) is 5.75 Å². The number of hydrogen-bond acceptors (Lipinski definition) is 3. The van der Waals surface area contributed by atoms with Crippen LogP contribution in [-0.4, -0.2) is 46.0 Å². The van der Waals surface area contributed by atoms with Crippen molar-refractivity contribution >= 4 is 23.6 Å². The van der Waals surface area contributed by atoms with Gasteiger partial charge in [-0.2, -0.15) is 11.8 Å². The van der Waals surface area contributed by atoms with Crippen LogP contribution < -0.4 is 0 Å². The van der Waals surface area contributed by atoms with Crippen LogP contribution in [0.2, 0.25) is 0 Å². The summed E-state index contributed by atoms with van der Waals surface area (Å²) in [7, 11) is 0. The van der Waals surface area contributed by atoms with Crippen molar-refractivity contribution in [2.75, 3.05) is 18.1 Å². The van der Waals surface area contributed by atoms with E-state index in [1.54, 1.807) is 30.8 Å². The summed E-state index contributed by atoms with van der Waals surface area (Å²) in [5, 5.41) is 8.91. The molecule has 1 fully saturated rings. The Hall–Kier alpha value is -1.56. The molecular weight excluding hydrogens is 281 g/mol. The van der Waals surface area contributed by atoms with Crippen molar-refractivity contribution in [1.82, 2.24) is 4.90 Å². The Morgan fingerprint density at radius 3 is 2.95 bits per heavy atom. The summed E-state index contributed by atoms with van der Waals surface area (Å²) in [6.45, 7) is 2.06. The summed E-state index contributed by atoms with van der Waals surface area (Å²) in [6.07, 6.45) is -0.105. The number of amides is 1. The first kappa shape index (κ1) is 14.8. The number of nitrogens with zero attached hydrogens (tertiary/aromatic N) is 1. The van der Waals surface area contributed by atoms with E-state index < -0.39 is 17.7 Å². The molecule has 0 saturated carbocycles. The second-order valence-corrected chi connectivity index (χ2v) is 5.91. The van der Waals surface area contributed by atoms with Gasteiger partial charge in [-0.3, -0.25) is 9.59 Å². The first-order valence-electron chi connectivity index (χ1n) is 6.36. The van der Waals surface area contributed by atoms with Crippen LogP contribution in [0.4, 0.5) is 4.39 Å². The van der Waals surface area contributed by atoms with Crippen molar-refractivity contribution in [2.45, 2.75) is 19.4 Å². The molecule has 1 unspecified atom stereocenters. The van der Waals surface area contributed by atoms with Crippen molar-refractivity contribution in [3.05, 3.63) is 35.1 Å². The zero-order valence-electron chi connectivity index (χ0n) is 11.1. The summed E-state index contributed by atoms with van der Waals surface area (Å²) in [6, 6.07) is 4.31. The lowest BCUT2D eigenvalue weighted by Gasteiger charge is -2.34. The van der Waals surface area contributed by atoms with Gasteiger partial charge in [0.2, 0.25) is 0 Å². The minimum Gasteiger partial charge on any atom is -0.481 e. The highest BCUT2D eigenvalue weighted by Gasteiger charge is 2.30. The lowest BCUT2D eigenvalue weighted by molar-refractivity contribution is -0.138. The van der Waals surface area contributed by atoms with Gasteiger partial charge < -0.3 is 10.0 Å². The molecule has 4 nitrogen and oxygen atoms in total. The maximum atomic E-state index is 14.0. The van der Waals surface area contributed by atoms with Crippen LogP contribution in [-0.2, 0) is 4.79 Å². The van der Waals surface area contributed by atoms with Crippen LogP contribution in [0.3, 0.4) is 0 Å². The van der Waals surface area contributed by atoms with E-state index in [4.69, 9.17) is 5.11 Å². The fraction of sp³-hybridized carbons (Fsp3) is 0.429. The molecule has 6 heteroatoms. The van der Waals surface area contributed by atoms with Crippen LogP contribution in [0.5, 0.6) is 0 Å². The summed E-state index contributed by atoms with van der Waals surface area (Å²) in [4.78, 5) is 24.8. The molecule has 0 spiro atoms. The van der Waals surface area contributed by atoms with Crippen LogP contribution in [0, 0.1) is 12.7 Å².